The fourth-order valence-electron chi connectivity index (χ4n) is 2.40. The zero-order chi connectivity index (χ0) is 17.1. The van der Waals surface area contributed by atoms with Crippen LogP contribution in [-0.4, -0.2) is 25.5 Å². The van der Waals surface area contributed by atoms with Crippen LogP contribution in [0.3, 0.4) is 0 Å². The molecular formula is C16H14BrN5O2. The van der Waals surface area contributed by atoms with Crippen LogP contribution in [0.25, 0.3) is 10.9 Å². The number of hydrogen-bond acceptors (Lipinski definition) is 5. The number of carbonyl (C=O) groups excluding carboxylic acids is 1. The van der Waals surface area contributed by atoms with Crippen LogP contribution in [0.2, 0.25) is 0 Å². The molecule has 0 saturated carbocycles. The number of benzene rings is 1. The van der Waals surface area contributed by atoms with Crippen LogP contribution in [0.15, 0.2) is 51.5 Å². The number of aromatic hydroxyl groups is 1. The van der Waals surface area contributed by atoms with Crippen molar-refractivity contribution in [1.29, 1.82) is 0 Å². The van der Waals surface area contributed by atoms with Crippen LogP contribution in [0.5, 0.6) is 5.88 Å². The Labute approximate surface area is 146 Å². The highest BCUT2D eigenvalue weighted by Crippen LogP contribution is 2.40. The average molecular weight is 388 g/mol. The standard InChI is InChI=1S/C16H14BrN5O2/c1-2-7-22-13-4-3-10(17)8-11(13)14(16(22)24)20-21-15(23)12-9-18-5-6-19-12/h3-6,8-9,24H,2,7H2,1H3. The minimum absolute atomic E-state index is 0.0133. The molecule has 2 heterocycles. The molecule has 0 fully saturated rings. The normalized spacial score (nSPS) is 11.4. The van der Waals surface area contributed by atoms with E-state index in [2.05, 4.69) is 36.1 Å². The Morgan fingerprint density at radius 2 is 2.21 bits per heavy atom. The smallest absolute Gasteiger partial charge is 0.315 e. The molecule has 0 saturated heterocycles. The monoisotopic (exact) mass is 387 g/mol. The fraction of sp³-hybridized carbons (Fsp3) is 0.188. The van der Waals surface area contributed by atoms with Gasteiger partial charge in [-0.1, -0.05) is 22.9 Å². The Hall–Kier alpha value is -2.61. The molecule has 0 aliphatic heterocycles. The van der Waals surface area contributed by atoms with Crippen molar-refractivity contribution in [1.82, 2.24) is 14.5 Å². The molecule has 1 N–H and O–H groups in total. The van der Waals surface area contributed by atoms with Crippen molar-refractivity contribution < 1.29 is 9.90 Å². The molecule has 122 valence electrons. The second-order valence-corrected chi connectivity index (χ2v) is 6.00. The largest absolute Gasteiger partial charge is 0.493 e. The molecule has 2 aromatic heterocycles. The second kappa shape index (κ2) is 6.88. The highest BCUT2D eigenvalue weighted by Gasteiger charge is 2.17. The first-order valence-electron chi connectivity index (χ1n) is 7.34. The number of halogens is 1. The van der Waals surface area contributed by atoms with Crippen LogP contribution in [0.4, 0.5) is 5.69 Å². The van der Waals surface area contributed by atoms with Gasteiger partial charge in [-0.15, -0.1) is 10.2 Å². The summed E-state index contributed by atoms with van der Waals surface area (Å²) in [6.07, 6.45) is 5.04. The van der Waals surface area contributed by atoms with Crippen molar-refractivity contribution in [3.05, 3.63) is 47.0 Å². The summed E-state index contributed by atoms with van der Waals surface area (Å²) in [5, 5.41) is 18.8. The maximum absolute atomic E-state index is 12.0. The lowest BCUT2D eigenvalue weighted by Gasteiger charge is -2.03. The summed E-state index contributed by atoms with van der Waals surface area (Å²) < 4.78 is 2.60. The number of azo groups is 1. The van der Waals surface area contributed by atoms with Crippen molar-refractivity contribution >= 4 is 38.4 Å². The molecule has 24 heavy (non-hydrogen) atoms. The third-order valence-electron chi connectivity index (χ3n) is 3.44. The van der Waals surface area contributed by atoms with Crippen molar-refractivity contribution in [2.45, 2.75) is 19.9 Å². The lowest BCUT2D eigenvalue weighted by Crippen LogP contribution is -1.97. The lowest BCUT2D eigenvalue weighted by molar-refractivity contribution is 0.0990. The number of hydrogen-bond donors (Lipinski definition) is 1. The van der Waals surface area contributed by atoms with Crippen LogP contribution in [0, 0.1) is 0 Å². The highest BCUT2D eigenvalue weighted by molar-refractivity contribution is 9.10. The van der Waals surface area contributed by atoms with E-state index < -0.39 is 5.91 Å². The Morgan fingerprint density at radius 1 is 1.38 bits per heavy atom. The zero-order valence-corrected chi connectivity index (χ0v) is 14.4. The van der Waals surface area contributed by atoms with E-state index in [9.17, 15) is 9.90 Å². The summed E-state index contributed by atoms with van der Waals surface area (Å²) in [4.78, 5) is 19.7. The lowest BCUT2D eigenvalue weighted by atomic mass is 10.2. The van der Waals surface area contributed by atoms with E-state index in [1.807, 2.05) is 25.1 Å². The summed E-state index contributed by atoms with van der Waals surface area (Å²) in [6, 6.07) is 5.61. The third kappa shape index (κ3) is 3.05. The molecule has 3 rings (SSSR count). The summed E-state index contributed by atoms with van der Waals surface area (Å²) in [6.45, 7) is 2.65. The number of aryl methyl sites for hydroxylation is 1. The van der Waals surface area contributed by atoms with Crippen LogP contribution in [-0.2, 0) is 6.54 Å². The molecule has 0 radical (unpaired) electrons. The van der Waals surface area contributed by atoms with Gasteiger partial charge in [0.05, 0.1) is 11.7 Å². The molecule has 1 amide bonds. The first-order valence-corrected chi connectivity index (χ1v) is 8.14. The minimum atomic E-state index is -0.617. The second-order valence-electron chi connectivity index (χ2n) is 5.08. The van der Waals surface area contributed by atoms with E-state index in [-0.39, 0.29) is 17.3 Å². The Bertz CT molecular complexity index is 921. The molecule has 0 aliphatic rings. The molecule has 3 aromatic rings. The van der Waals surface area contributed by atoms with Gasteiger partial charge in [0.2, 0.25) is 5.88 Å². The number of nitrogens with zero attached hydrogens (tertiary/aromatic N) is 5. The molecule has 0 aliphatic carbocycles. The number of carbonyl (C=O) groups is 1. The van der Waals surface area contributed by atoms with E-state index in [0.717, 1.165) is 16.4 Å². The predicted octanol–water partition coefficient (Wildman–Crippen LogP) is 4.23. The molecule has 1 aromatic carbocycles. The van der Waals surface area contributed by atoms with Gasteiger partial charge in [-0.3, -0.25) is 9.78 Å². The van der Waals surface area contributed by atoms with E-state index in [1.54, 1.807) is 4.57 Å². The molecule has 0 atom stereocenters. The Morgan fingerprint density at radius 3 is 2.92 bits per heavy atom. The van der Waals surface area contributed by atoms with Gasteiger partial charge in [0.25, 0.3) is 0 Å². The van der Waals surface area contributed by atoms with Crippen molar-refractivity contribution in [3.8, 4) is 5.88 Å². The summed E-state index contributed by atoms with van der Waals surface area (Å²) >= 11 is 3.41. The zero-order valence-electron chi connectivity index (χ0n) is 12.8. The number of fused-ring (bicyclic) bond motifs is 1. The van der Waals surface area contributed by atoms with Gasteiger partial charge in [-0.2, -0.15) is 0 Å². The molecular weight excluding hydrogens is 374 g/mol. The van der Waals surface area contributed by atoms with E-state index in [0.29, 0.717) is 11.9 Å². The van der Waals surface area contributed by atoms with E-state index in [1.165, 1.54) is 18.6 Å². The quantitative estimate of drug-likeness (QED) is 0.677. The van der Waals surface area contributed by atoms with Gasteiger partial charge in [0.15, 0.2) is 5.69 Å². The van der Waals surface area contributed by atoms with E-state index in [4.69, 9.17) is 0 Å². The average Bonchev–Trinajstić information content (AvgIpc) is 2.85. The molecule has 0 unspecified atom stereocenters. The number of aromatic nitrogens is 3. The maximum atomic E-state index is 12.0. The first kappa shape index (κ1) is 16.3. The topological polar surface area (TPSA) is 92.7 Å². The fourth-order valence-corrected chi connectivity index (χ4v) is 2.76. The summed E-state index contributed by atoms with van der Waals surface area (Å²) in [5.41, 5.74) is 1.19. The Kier molecular flexibility index (Phi) is 4.66. The first-order chi connectivity index (χ1) is 11.6. The molecule has 7 nitrogen and oxygen atoms in total. The maximum Gasteiger partial charge on any atom is 0.315 e. The van der Waals surface area contributed by atoms with Gasteiger partial charge in [0.1, 0.15) is 5.69 Å². The number of rotatable bonds is 4. The van der Waals surface area contributed by atoms with Gasteiger partial charge in [0, 0.05) is 28.8 Å². The molecule has 0 bridgehead atoms. The highest BCUT2D eigenvalue weighted by atomic mass is 79.9. The summed E-state index contributed by atoms with van der Waals surface area (Å²) in [5.74, 6) is -0.630. The van der Waals surface area contributed by atoms with Crippen molar-refractivity contribution in [3.63, 3.8) is 0 Å². The van der Waals surface area contributed by atoms with Crippen molar-refractivity contribution in [2.75, 3.05) is 0 Å². The van der Waals surface area contributed by atoms with Gasteiger partial charge < -0.3 is 9.67 Å². The summed E-state index contributed by atoms with van der Waals surface area (Å²) in [7, 11) is 0. The third-order valence-corrected chi connectivity index (χ3v) is 3.94. The number of amides is 1. The van der Waals surface area contributed by atoms with Crippen LogP contribution < -0.4 is 0 Å². The predicted molar refractivity (Wildman–Crippen MR) is 92.5 cm³/mol. The van der Waals surface area contributed by atoms with E-state index >= 15 is 0 Å². The van der Waals surface area contributed by atoms with Gasteiger partial charge in [-0.05, 0) is 24.6 Å². The van der Waals surface area contributed by atoms with Gasteiger partial charge >= 0.3 is 5.91 Å². The minimum Gasteiger partial charge on any atom is -0.493 e. The molecule has 0 spiro atoms. The van der Waals surface area contributed by atoms with Crippen LogP contribution in [0.1, 0.15) is 23.8 Å². The SMILES string of the molecule is CCCn1c(O)c(N=NC(=O)c2cnccn2)c2cc(Br)ccc21. The van der Waals surface area contributed by atoms with Crippen molar-refractivity contribution in [2.24, 2.45) is 10.2 Å². The van der Waals surface area contributed by atoms with Gasteiger partial charge in [-0.25, -0.2) is 4.98 Å². The molecule has 8 heteroatoms. The van der Waals surface area contributed by atoms with Crippen LogP contribution >= 0.6 is 15.9 Å². The Balaban J connectivity index is 2.05.